The number of nitrogens with zero attached hydrogens (tertiary/aromatic N) is 2. The molecule has 0 radical (unpaired) electrons. The predicted molar refractivity (Wildman–Crippen MR) is 71.3 cm³/mol. The van der Waals surface area contributed by atoms with Crippen LogP contribution in [0.1, 0.15) is 19.3 Å². The van der Waals surface area contributed by atoms with Crippen molar-refractivity contribution in [2.45, 2.75) is 25.3 Å². The molecule has 2 atom stereocenters. The molecule has 0 spiro atoms. The average Bonchev–Trinajstić information content (AvgIpc) is 2.45. The van der Waals surface area contributed by atoms with Crippen LogP contribution in [0.15, 0.2) is 25.5 Å². The second-order valence-corrected chi connectivity index (χ2v) is 4.43. The van der Waals surface area contributed by atoms with Gasteiger partial charge in [0.2, 0.25) is 0 Å². The number of esters is 1. The van der Waals surface area contributed by atoms with Crippen molar-refractivity contribution in [2.24, 2.45) is 5.92 Å². The van der Waals surface area contributed by atoms with Gasteiger partial charge >= 0.3 is 12.1 Å². The van der Waals surface area contributed by atoms with Crippen molar-refractivity contribution in [3.8, 4) is 6.07 Å². The van der Waals surface area contributed by atoms with E-state index >= 15 is 0 Å². The Morgan fingerprint density at radius 1 is 1.45 bits per heavy atom. The zero-order valence-corrected chi connectivity index (χ0v) is 11.3. The lowest BCUT2D eigenvalue weighted by Crippen LogP contribution is -2.50. The van der Waals surface area contributed by atoms with Crippen LogP contribution in [0.4, 0.5) is 4.79 Å². The standard InChI is InChI=1S/C14H18N2O4/c1-3-9-20-13(17)12-10-11(5-7-15)6-8-16(12)14(18)19-4-2/h3-4,11-12H,1-2,5-6,8-10H2/t11-,12+/m0/s1. The van der Waals surface area contributed by atoms with Crippen LogP contribution >= 0.6 is 0 Å². The highest BCUT2D eigenvalue weighted by molar-refractivity contribution is 5.82. The molecule has 0 N–H and O–H groups in total. The van der Waals surface area contributed by atoms with E-state index in [-0.39, 0.29) is 12.5 Å². The summed E-state index contributed by atoms with van der Waals surface area (Å²) in [5, 5.41) is 8.75. The summed E-state index contributed by atoms with van der Waals surface area (Å²) in [6.07, 6.45) is 3.27. The molecule has 1 amide bonds. The van der Waals surface area contributed by atoms with Gasteiger partial charge in [-0.05, 0) is 18.8 Å². The van der Waals surface area contributed by atoms with E-state index in [9.17, 15) is 9.59 Å². The quantitative estimate of drug-likeness (QED) is 0.436. The molecule has 6 heteroatoms. The van der Waals surface area contributed by atoms with Crippen LogP contribution in [0.25, 0.3) is 0 Å². The first-order valence-electron chi connectivity index (χ1n) is 6.36. The van der Waals surface area contributed by atoms with Crippen molar-refractivity contribution in [1.82, 2.24) is 4.90 Å². The van der Waals surface area contributed by atoms with Crippen LogP contribution in [0.2, 0.25) is 0 Å². The molecule has 1 aliphatic heterocycles. The molecule has 6 nitrogen and oxygen atoms in total. The maximum absolute atomic E-state index is 12.0. The zero-order valence-electron chi connectivity index (χ0n) is 11.3. The van der Waals surface area contributed by atoms with E-state index < -0.39 is 18.1 Å². The Balaban J connectivity index is 2.78. The van der Waals surface area contributed by atoms with E-state index in [1.807, 2.05) is 0 Å². The first-order valence-corrected chi connectivity index (χ1v) is 6.36. The van der Waals surface area contributed by atoms with Crippen molar-refractivity contribution in [1.29, 1.82) is 5.26 Å². The molecule has 1 rings (SSSR count). The molecule has 1 heterocycles. The van der Waals surface area contributed by atoms with E-state index in [1.54, 1.807) is 0 Å². The fraction of sp³-hybridized carbons (Fsp3) is 0.500. The third kappa shape index (κ3) is 4.12. The molecule has 108 valence electrons. The normalized spacial score (nSPS) is 21.4. The van der Waals surface area contributed by atoms with E-state index in [1.165, 1.54) is 11.0 Å². The molecule has 0 aliphatic carbocycles. The molecule has 1 aliphatic rings. The lowest BCUT2D eigenvalue weighted by atomic mass is 9.89. The molecule has 0 bridgehead atoms. The number of carbonyl (C=O) groups excluding carboxylic acids is 2. The Morgan fingerprint density at radius 3 is 2.80 bits per heavy atom. The largest absolute Gasteiger partial charge is 0.460 e. The zero-order chi connectivity index (χ0) is 15.0. The number of piperidine rings is 1. The molecule has 1 fully saturated rings. The van der Waals surface area contributed by atoms with Gasteiger partial charge < -0.3 is 9.47 Å². The SMILES string of the molecule is C=CCOC(=O)[C@H]1C[C@@H](CC#N)CCN1C(=O)OC=C. The van der Waals surface area contributed by atoms with Crippen LogP contribution in [0.5, 0.6) is 0 Å². The van der Waals surface area contributed by atoms with Gasteiger partial charge in [-0.15, -0.1) is 0 Å². The molecule has 0 aromatic rings. The third-order valence-corrected chi connectivity index (χ3v) is 3.13. The number of rotatable bonds is 5. The molecule has 0 saturated carbocycles. The first-order chi connectivity index (χ1) is 9.63. The second-order valence-electron chi connectivity index (χ2n) is 4.43. The van der Waals surface area contributed by atoms with Gasteiger partial charge in [0.15, 0.2) is 0 Å². The van der Waals surface area contributed by atoms with Crippen molar-refractivity contribution >= 4 is 12.1 Å². The number of amides is 1. The minimum Gasteiger partial charge on any atom is -0.460 e. The summed E-state index contributed by atoms with van der Waals surface area (Å²) < 4.78 is 9.72. The van der Waals surface area contributed by atoms with Crippen LogP contribution in [0, 0.1) is 17.2 Å². The van der Waals surface area contributed by atoms with E-state index in [4.69, 9.17) is 14.7 Å². The second kappa shape index (κ2) is 8.00. The number of carbonyl (C=O) groups is 2. The summed E-state index contributed by atoms with van der Waals surface area (Å²) in [6, 6.07) is 1.36. The monoisotopic (exact) mass is 278 g/mol. The van der Waals surface area contributed by atoms with Crippen molar-refractivity contribution in [3.05, 3.63) is 25.5 Å². The topological polar surface area (TPSA) is 79.6 Å². The molecule has 20 heavy (non-hydrogen) atoms. The third-order valence-electron chi connectivity index (χ3n) is 3.13. The summed E-state index contributed by atoms with van der Waals surface area (Å²) in [5.41, 5.74) is 0. The summed E-state index contributed by atoms with van der Waals surface area (Å²) in [5.74, 6) is -0.428. The number of nitriles is 1. The highest BCUT2D eigenvalue weighted by Crippen LogP contribution is 2.26. The molecule has 0 unspecified atom stereocenters. The highest BCUT2D eigenvalue weighted by Gasteiger charge is 2.37. The van der Waals surface area contributed by atoms with Gasteiger partial charge in [-0.1, -0.05) is 19.2 Å². The fourth-order valence-electron chi connectivity index (χ4n) is 2.17. The Bertz CT molecular complexity index is 427. The van der Waals surface area contributed by atoms with Gasteiger partial charge in [0.05, 0.1) is 12.3 Å². The van der Waals surface area contributed by atoms with E-state index in [0.29, 0.717) is 25.8 Å². The minimum absolute atomic E-state index is 0.0778. The van der Waals surface area contributed by atoms with Gasteiger partial charge in [0.1, 0.15) is 12.6 Å². The number of ether oxygens (including phenoxy) is 2. The van der Waals surface area contributed by atoms with E-state index in [2.05, 4.69) is 19.2 Å². The predicted octanol–water partition coefficient (Wildman–Crippen LogP) is 1.99. The van der Waals surface area contributed by atoms with Crippen molar-refractivity contribution < 1.29 is 19.1 Å². The summed E-state index contributed by atoms with van der Waals surface area (Å²) in [7, 11) is 0. The Morgan fingerprint density at radius 2 is 2.20 bits per heavy atom. The maximum atomic E-state index is 12.0. The lowest BCUT2D eigenvalue weighted by molar-refractivity contribution is -0.150. The smallest absolute Gasteiger partial charge is 0.415 e. The van der Waals surface area contributed by atoms with Gasteiger partial charge in [-0.25, -0.2) is 9.59 Å². The van der Waals surface area contributed by atoms with Crippen LogP contribution in [0.3, 0.4) is 0 Å². The molecular weight excluding hydrogens is 260 g/mol. The first kappa shape index (κ1) is 15.8. The van der Waals surface area contributed by atoms with Crippen LogP contribution < -0.4 is 0 Å². The Labute approximate surface area is 118 Å². The van der Waals surface area contributed by atoms with Crippen LogP contribution in [-0.2, 0) is 14.3 Å². The van der Waals surface area contributed by atoms with Gasteiger partial charge in [0, 0.05) is 13.0 Å². The van der Waals surface area contributed by atoms with Gasteiger partial charge in [-0.2, -0.15) is 5.26 Å². The van der Waals surface area contributed by atoms with Crippen LogP contribution in [-0.4, -0.2) is 36.2 Å². The molecule has 0 aromatic carbocycles. The number of hydrogen-bond acceptors (Lipinski definition) is 5. The molecular formula is C14H18N2O4. The Hall–Kier alpha value is -2.29. The Kier molecular flexibility index (Phi) is 6.30. The van der Waals surface area contributed by atoms with Crippen molar-refractivity contribution in [3.63, 3.8) is 0 Å². The lowest BCUT2D eigenvalue weighted by Gasteiger charge is -2.36. The number of likely N-dealkylation sites (tertiary alicyclic amines) is 1. The van der Waals surface area contributed by atoms with Gasteiger partial charge in [0.25, 0.3) is 0 Å². The summed E-state index contributed by atoms with van der Waals surface area (Å²) in [4.78, 5) is 25.1. The van der Waals surface area contributed by atoms with E-state index in [0.717, 1.165) is 6.26 Å². The fourth-order valence-corrected chi connectivity index (χ4v) is 2.17. The van der Waals surface area contributed by atoms with Crippen molar-refractivity contribution in [2.75, 3.05) is 13.2 Å². The number of hydrogen-bond donors (Lipinski definition) is 0. The maximum Gasteiger partial charge on any atom is 0.415 e. The molecule has 0 aromatic heterocycles. The minimum atomic E-state index is -0.727. The summed E-state index contributed by atoms with van der Waals surface area (Å²) in [6.45, 7) is 7.22. The average molecular weight is 278 g/mol. The summed E-state index contributed by atoms with van der Waals surface area (Å²) >= 11 is 0. The highest BCUT2D eigenvalue weighted by atomic mass is 16.6. The molecule has 1 saturated heterocycles. The van der Waals surface area contributed by atoms with Gasteiger partial charge in [-0.3, -0.25) is 4.90 Å².